The third-order valence-corrected chi connectivity index (χ3v) is 6.34. The van der Waals surface area contributed by atoms with Crippen LogP contribution in [0.3, 0.4) is 0 Å². The third kappa shape index (κ3) is 4.13. The molecule has 1 atom stereocenters. The summed E-state index contributed by atoms with van der Waals surface area (Å²) in [5.74, 6) is 0.431. The minimum Gasteiger partial charge on any atom is -0.339 e. The van der Waals surface area contributed by atoms with Gasteiger partial charge in [-0.05, 0) is 48.4 Å². The van der Waals surface area contributed by atoms with Crippen LogP contribution in [-0.2, 0) is 6.42 Å². The molecule has 0 aliphatic carbocycles. The monoisotopic (exact) mass is 437 g/mol. The number of halogens is 1. The Morgan fingerprint density at radius 1 is 1.29 bits per heavy atom. The standard InChI is InChI=1S/C22H20FN5O2S/c23-16-7-2-1-6-15(16)21-24-20(30-27-21)11-14-5-3-9-28(13-14)22(29)18-12-17(25-26-18)19-8-4-10-31-19/h1-2,4,6-8,10,12,14H,3,5,9,11,13H2,(H,25,26)/t14-/m0/s1. The fourth-order valence-corrected chi connectivity index (χ4v) is 4.60. The maximum absolute atomic E-state index is 14.0. The van der Waals surface area contributed by atoms with Crippen LogP contribution >= 0.6 is 11.3 Å². The van der Waals surface area contributed by atoms with Gasteiger partial charge in [-0.2, -0.15) is 10.1 Å². The lowest BCUT2D eigenvalue weighted by Crippen LogP contribution is -2.40. The molecule has 158 valence electrons. The Balaban J connectivity index is 1.25. The average molecular weight is 438 g/mol. The van der Waals surface area contributed by atoms with E-state index in [2.05, 4.69) is 20.3 Å². The Labute approximate surface area is 181 Å². The number of H-pyrrole nitrogens is 1. The van der Waals surface area contributed by atoms with E-state index < -0.39 is 0 Å². The van der Waals surface area contributed by atoms with E-state index in [1.54, 1.807) is 35.6 Å². The molecular weight excluding hydrogens is 417 g/mol. The van der Waals surface area contributed by atoms with E-state index in [-0.39, 0.29) is 23.5 Å². The molecule has 0 saturated carbocycles. The van der Waals surface area contributed by atoms with Gasteiger partial charge in [-0.1, -0.05) is 23.4 Å². The zero-order valence-corrected chi connectivity index (χ0v) is 17.4. The first-order valence-corrected chi connectivity index (χ1v) is 11.0. The van der Waals surface area contributed by atoms with Crippen molar-refractivity contribution in [3.63, 3.8) is 0 Å². The Bertz CT molecular complexity index is 1190. The fourth-order valence-electron chi connectivity index (χ4n) is 3.90. The summed E-state index contributed by atoms with van der Waals surface area (Å²) in [6, 6.07) is 12.1. The second-order valence-electron chi connectivity index (χ2n) is 7.60. The predicted molar refractivity (Wildman–Crippen MR) is 114 cm³/mol. The van der Waals surface area contributed by atoms with Gasteiger partial charge in [0, 0.05) is 19.5 Å². The molecule has 5 rings (SSSR count). The number of nitrogens with one attached hydrogen (secondary N) is 1. The number of nitrogens with zero attached hydrogens (tertiary/aromatic N) is 4. The van der Waals surface area contributed by atoms with Crippen molar-refractivity contribution in [2.24, 2.45) is 5.92 Å². The SMILES string of the molecule is O=C(c1cc(-c2cccs2)[nH]n1)N1CCC[C@@H](Cc2nc(-c3ccccc3F)no2)C1. The van der Waals surface area contributed by atoms with Gasteiger partial charge in [-0.25, -0.2) is 4.39 Å². The number of thiophene rings is 1. The van der Waals surface area contributed by atoms with Crippen LogP contribution in [0.1, 0.15) is 29.2 Å². The Kier molecular flexibility index (Phi) is 5.33. The van der Waals surface area contributed by atoms with Crippen molar-refractivity contribution in [1.82, 2.24) is 25.2 Å². The number of likely N-dealkylation sites (tertiary alicyclic amines) is 1. The van der Waals surface area contributed by atoms with Gasteiger partial charge >= 0.3 is 0 Å². The quantitative estimate of drug-likeness (QED) is 0.499. The highest BCUT2D eigenvalue weighted by atomic mass is 32.1. The van der Waals surface area contributed by atoms with Gasteiger partial charge in [0.25, 0.3) is 5.91 Å². The molecular formula is C22H20FN5O2S. The van der Waals surface area contributed by atoms with Crippen molar-refractivity contribution in [1.29, 1.82) is 0 Å². The van der Waals surface area contributed by atoms with Gasteiger partial charge in [0.2, 0.25) is 11.7 Å². The van der Waals surface area contributed by atoms with Crippen LogP contribution < -0.4 is 0 Å². The van der Waals surface area contributed by atoms with Gasteiger partial charge in [0.1, 0.15) is 5.82 Å². The average Bonchev–Trinajstić information content (AvgIpc) is 3.55. The second-order valence-corrected chi connectivity index (χ2v) is 8.55. The summed E-state index contributed by atoms with van der Waals surface area (Å²) in [6.07, 6.45) is 2.40. The van der Waals surface area contributed by atoms with E-state index in [0.717, 1.165) is 23.4 Å². The van der Waals surface area contributed by atoms with Crippen LogP contribution in [0.5, 0.6) is 0 Å². The van der Waals surface area contributed by atoms with E-state index >= 15 is 0 Å². The third-order valence-electron chi connectivity index (χ3n) is 5.44. The number of aromatic amines is 1. The maximum Gasteiger partial charge on any atom is 0.274 e. The molecule has 1 N–H and O–H groups in total. The summed E-state index contributed by atoms with van der Waals surface area (Å²) in [5.41, 5.74) is 1.58. The maximum atomic E-state index is 14.0. The molecule has 1 fully saturated rings. The lowest BCUT2D eigenvalue weighted by atomic mass is 9.94. The molecule has 0 radical (unpaired) electrons. The molecule has 4 heterocycles. The highest BCUT2D eigenvalue weighted by Crippen LogP contribution is 2.26. The van der Waals surface area contributed by atoms with Gasteiger partial charge in [-0.15, -0.1) is 11.3 Å². The molecule has 1 amide bonds. The van der Waals surface area contributed by atoms with E-state index in [1.165, 1.54) is 6.07 Å². The summed E-state index contributed by atoms with van der Waals surface area (Å²) in [4.78, 5) is 20.2. The summed E-state index contributed by atoms with van der Waals surface area (Å²) in [7, 11) is 0. The number of hydrogen-bond acceptors (Lipinski definition) is 6. The number of piperidine rings is 1. The smallest absolute Gasteiger partial charge is 0.274 e. The van der Waals surface area contributed by atoms with Crippen LogP contribution in [0.2, 0.25) is 0 Å². The number of carbonyl (C=O) groups is 1. The summed E-state index contributed by atoms with van der Waals surface area (Å²) >= 11 is 1.60. The van der Waals surface area contributed by atoms with Crippen molar-refractivity contribution in [2.75, 3.05) is 13.1 Å². The van der Waals surface area contributed by atoms with Crippen molar-refractivity contribution < 1.29 is 13.7 Å². The number of carbonyl (C=O) groups excluding carboxylic acids is 1. The molecule has 0 bridgehead atoms. The first-order valence-electron chi connectivity index (χ1n) is 10.1. The summed E-state index contributed by atoms with van der Waals surface area (Å²) in [5, 5.41) is 13.1. The first kappa shape index (κ1) is 19.6. The lowest BCUT2D eigenvalue weighted by Gasteiger charge is -2.31. The van der Waals surface area contributed by atoms with Crippen molar-refractivity contribution in [3.8, 4) is 22.0 Å². The van der Waals surface area contributed by atoms with Crippen LogP contribution in [-0.4, -0.2) is 44.2 Å². The molecule has 31 heavy (non-hydrogen) atoms. The molecule has 1 aliphatic rings. The minimum atomic E-state index is -0.384. The summed E-state index contributed by atoms with van der Waals surface area (Å²) < 4.78 is 19.3. The number of aromatic nitrogens is 4. The largest absolute Gasteiger partial charge is 0.339 e. The second kappa shape index (κ2) is 8.43. The zero-order valence-electron chi connectivity index (χ0n) is 16.6. The topological polar surface area (TPSA) is 87.9 Å². The molecule has 4 aromatic rings. The van der Waals surface area contributed by atoms with Crippen LogP contribution in [0.4, 0.5) is 4.39 Å². The first-order chi connectivity index (χ1) is 15.2. The van der Waals surface area contributed by atoms with E-state index in [4.69, 9.17) is 4.52 Å². The van der Waals surface area contributed by atoms with Crippen molar-refractivity contribution in [3.05, 3.63) is 65.2 Å². The number of rotatable bonds is 5. The molecule has 1 aromatic carbocycles. The highest BCUT2D eigenvalue weighted by molar-refractivity contribution is 7.13. The van der Waals surface area contributed by atoms with Gasteiger partial charge in [0.05, 0.1) is 16.1 Å². The lowest BCUT2D eigenvalue weighted by molar-refractivity contribution is 0.0662. The predicted octanol–water partition coefficient (Wildman–Crippen LogP) is 4.42. The molecule has 0 spiro atoms. The number of hydrogen-bond donors (Lipinski definition) is 1. The molecule has 0 unspecified atom stereocenters. The van der Waals surface area contributed by atoms with Gasteiger partial charge < -0.3 is 9.42 Å². The van der Waals surface area contributed by atoms with Crippen LogP contribution in [0.15, 0.2) is 52.4 Å². The van der Waals surface area contributed by atoms with Crippen molar-refractivity contribution >= 4 is 17.2 Å². The van der Waals surface area contributed by atoms with E-state index in [9.17, 15) is 9.18 Å². The molecule has 9 heteroatoms. The van der Waals surface area contributed by atoms with Gasteiger partial charge in [-0.3, -0.25) is 9.89 Å². The van der Waals surface area contributed by atoms with Crippen LogP contribution in [0, 0.1) is 11.7 Å². The van der Waals surface area contributed by atoms with E-state index in [1.807, 2.05) is 22.4 Å². The molecule has 3 aromatic heterocycles. The molecule has 7 nitrogen and oxygen atoms in total. The van der Waals surface area contributed by atoms with Crippen molar-refractivity contribution in [2.45, 2.75) is 19.3 Å². The number of benzene rings is 1. The minimum absolute atomic E-state index is 0.0821. The highest BCUT2D eigenvalue weighted by Gasteiger charge is 2.27. The fraction of sp³-hybridized carbons (Fsp3) is 0.273. The zero-order chi connectivity index (χ0) is 21.2. The number of amides is 1. The molecule has 1 saturated heterocycles. The van der Waals surface area contributed by atoms with E-state index in [0.29, 0.717) is 36.7 Å². The van der Waals surface area contributed by atoms with Gasteiger partial charge in [0.15, 0.2) is 5.69 Å². The Hall–Kier alpha value is -3.33. The Morgan fingerprint density at radius 3 is 3.03 bits per heavy atom. The Morgan fingerprint density at radius 2 is 2.19 bits per heavy atom. The summed E-state index contributed by atoms with van der Waals surface area (Å²) in [6.45, 7) is 1.29. The van der Waals surface area contributed by atoms with Crippen LogP contribution in [0.25, 0.3) is 22.0 Å². The molecule has 1 aliphatic heterocycles. The normalized spacial score (nSPS) is 16.5.